The van der Waals surface area contributed by atoms with Gasteiger partial charge in [0.2, 0.25) is 11.9 Å². The SMILES string of the molecule is COC(=O)C(OS(=O)(=O)c1ccc(C)cc1)C(=O)c1cccc(F)c1. The van der Waals surface area contributed by atoms with Gasteiger partial charge in [0.1, 0.15) is 5.82 Å². The lowest BCUT2D eigenvalue weighted by Gasteiger charge is -2.15. The molecule has 2 aromatic carbocycles. The van der Waals surface area contributed by atoms with E-state index >= 15 is 0 Å². The van der Waals surface area contributed by atoms with Crippen molar-refractivity contribution in [3.63, 3.8) is 0 Å². The van der Waals surface area contributed by atoms with Crippen LogP contribution in [0.5, 0.6) is 0 Å². The monoisotopic (exact) mass is 366 g/mol. The Morgan fingerprint density at radius 1 is 1.08 bits per heavy atom. The Bertz CT molecular complexity index is 890. The first-order valence-electron chi connectivity index (χ1n) is 7.12. The number of esters is 1. The van der Waals surface area contributed by atoms with Gasteiger partial charge in [-0.3, -0.25) is 4.79 Å². The normalized spacial score (nSPS) is 12.4. The topological polar surface area (TPSA) is 86.7 Å². The molecular weight excluding hydrogens is 351 g/mol. The number of Topliss-reactive ketones (excluding diaryl/α,β-unsaturated/α-hetero) is 1. The second-order valence-corrected chi connectivity index (χ2v) is 6.71. The van der Waals surface area contributed by atoms with Crippen molar-refractivity contribution in [2.24, 2.45) is 0 Å². The third kappa shape index (κ3) is 4.49. The van der Waals surface area contributed by atoms with Crippen molar-refractivity contribution < 1.29 is 31.3 Å². The van der Waals surface area contributed by atoms with E-state index in [4.69, 9.17) is 4.18 Å². The number of hydrogen-bond donors (Lipinski definition) is 0. The molecule has 0 aliphatic rings. The van der Waals surface area contributed by atoms with Crippen molar-refractivity contribution in [1.29, 1.82) is 0 Å². The largest absolute Gasteiger partial charge is 0.467 e. The van der Waals surface area contributed by atoms with Gasteiger partial charge in [-0.15, -0.1) is 0 Å². The van der Waals surface area contributed by atoms with Crippen LogP contribution in [-0.4, -0.2) is 33.4 Å². The molecule has 0 radical (unpaired) electrons. The van der Waals surface area contributed by atoms with Gasteiger partial charge in [-0.25, -0.2) is 13.4 Å². The fraction of sp³-hybridized carbons (Fsp3) is 0.176. The molecule has 8 heteroatoms. The summed E-state index contributed by atoms with van der Waals surface area (Å²) in [5, 5.41) is 0. The molecule has 0 aliphatic carbocycles. The highest BCUT2D eigenvalue weighted by molar-refractivity contribution is 7.86. The molecule has 2 rings (SSSR count). The number of halogens is 1. The van der Waals surface area contributed by atoms with E-state index < -0.39 is 33.8 Å². The van der Waals surface area contributed by atoms with E-state index in [0.717, 1.165) is 24.8 Å². The smallest absolute Gasteiger partial charge is 0.344 e. The van der Waals surface area contributed by atoms with Gasteiger partial charge in [-0.2, -0.15) is 8.42 Å². The average molecular weight is 366 g/mol. The van der Waals surface area contributed by atoms with Gasteiger partial charge >= 0.3 is 5.97 Å². The summed E-state index contributed by atoms with van der Waals surface area (Å²) in [6.07, 6.45) is -2.07. The van der Waals surface area contributed by atoms with Crippen molar-refractivity contribution in [3.05, 3.63) is 65.5 Å². The lowest BCUT2D eigenvalue weighted by molar-refractivity contribution is -0.146. The molecule has 0 saturated heterocycles. The summed E-state index contributed by atoms with van der Waals surface area (Å²) < 4.78 is 47.2. The third-order valence-corrected chi connectivity index (χ3v) is 4.59. The first kappa shape index (κ1) is 18.8. The van der Waals surface area contributed by atoms with E-state index in [1.54, 1.807) is 6.92 Å². The quantitative estimate of drug-likeness (QED) is 0.337. The van der Waals surface area contributed by atoms with Gasteiger partial charge in [-0.05, 0) is 31.2 Å². The molecule has 25 heavy (non-hydrogen) atoms. The van der Waals surface area contributed by atoms with Crippen LogP contribution in [0.15, 0.2) is 53.4 Å². The minimum atomic E-state index is -4.41. The van der Waals surface area contributed by atoms with Gasteiger partial charge in [-0.1, -0.05) is 29.8 Å². The van der Waals surface area contributed by atoms with Gasteiger partial charge in [0, 0.05) is 5.56 Å². The number of methoxy groups -OCH3 is 1. The zero-order valence-corrected chi connectivity index (χ0v) is 14.2. The van der Waals surface area contributed by atoms with Crippen LogP contribution in [0.1, 0.15) is 15.9 Å². The number of hydrogen-bond acceptors (Lipinski definition) is 6. The summed E-state index contributed by atoms with van der Waals surface area (Å²) in [6.45, 7) is 1.77. The maximum atomic E-state index is 13.3. The maximum absolute atomic E-state index is 13.3. The Labute approximate surface area is 144 Å². The first-order valence-corrected chi connectivity index (χ1v) is 8.53. The highest BCUT2D eigenvalue weighted by atomic mass is 32.2. The van der Waals surface area contributed by atoms with Gasteiger partial charge < -0.3 is 4.74 Å². The molecule has 0 aromatic heterocycles. The minimum Gasteiger partial charge on any atom is -0.467 e. The van der Waals surface area contributed by atoms with E-state index in [1.165, 1.54) is 36.4 Å². The summed E-state index contributed by atoms with van der Waals surface area (Å²) >= 11 is 0. The first-order chi connectivity index (χ1) is 11.7. The van der Waals surface area contributed by atoms with Crippen molar-refractivity contribution in [1.82, 2.24) is 0 Å². The maximum Gasteiger partial charge on any atom is 0.344 e. The second kappa shape index (κ2) is 7.54. The average Bonchev–Trinajstić information content (AvgIpc) is 2.59. The Hall–Kier alpha value is -2.58. The van der Waals surface area contributed by atoms with Crippen LogP contribution in [0.25, 0.3) is 0 Å². The van der Waals surface area contributed by atoms with Crippen LogP contribution in [0, 0.1) is 12.7 Å². The Kier molecular flexibility index (Phi) is 5.66. The Morgan fingerprint density at radius 2 is 1.72 bits per heavy atom. The Morgan fingerprint density at radius 3 is 2.28 bits per heavy atom. The van der Waals surface area contributed by atoms with Crippen LogP contribution in [-0.2, 0) is 23.8 Å². The zero-order chi connectivity index (χ0) is 18.6. The van der Waals surface area contributed by atoms with E-state index in [2.05, 4.69) is 4.74 Å². The summed E-state index contributed by atoms with van der Waals surface area (Å²) in [5.41, 5.74) is 0.605. The number of benzene rings is 2. The predicted octanol–water partition coefficient (Wildman–Crippen LogP) is 2.26. The number of carbonyl (C=O) groups is 2. The molecule has 0 spiro atoms. The highest BCUT2D eigenvalue weighted by Gasteiger charge is 2.35. The number of carbonyl (C=O) groups excluding carboxylic acids is 2. The van der Waals surface area contributed by atoms with Gasteiger partial charge in [0.05, 0.1) is 12.0 Å². The molecule has 0 saturated carbocycles. The number of ketones is 1. The van der Waals surface area contributed by atoms with Crippen molar-refractivity contribution >= 4 is 21.9 Å². The molecule has 0 amide bonds. The van der Waals surface area contributed by atoms with E-state index in [0.29, 0.717) is 0 Å². The zero-order valence-electron chi connectivity index (χ0n) is 13.4. The molecule has 0 N–H and O–H groups in total. The van der Waals surface area contributed by atoms with Crippen LogP contribution >= 0.6 is 0 Å². The van der Waals surface area contributed by atoms with Crippen LogP contribution < -0.4 is 0 Å². The number of aryl methyl sites for hydroxylation is 1. The fourth-order valence-corrected chi connectivity index (χ4v) is 2.98. The van der Waals surface area contributed by atoms with Crippen LogP contribution in [0.4, 0.5) is 4.39 Å². The van der Waals surface area contributed by atoms with Crippen molar-refractivity contribution in [3.8, 4) is 0 Å². The van der Waals surface area contributed by atoms with Gasteiger partial charge in [0.15, 0.2) is 0 Å². The molecule has 1 unspecified atom stereocenters. The summed E-state index contributed by atoms with van der Waals surface area (Å²) in [6, 6.07) is 10.1. The lowest BCUT2D eigenvalue weighted by Crippen LogP contribution is -2.36. The second-order valence-electron chi connectivity index (χ2n) is 5.14. The molecule has 2 aromatic rings. The number of rotatable bonds is 6. The van der Waals surface area contributed by atoms with E-state index in [9.17, 15) is 22.4 Å². The predicted molar refractivity (Wildman–Crippen MR) is 86.0 cm³/mol. The molecule has 0 fully saturated rings. The molecule has 0 heterocycles. The van der Waals surface area contributed by atoms with Crippen LogP contribution in [0.3, 0.4) is 0 Å². The van der Waals surface area contributed by atoms with E-state index in [1.807, 2.05) is 0 Å². The van der Waals surface area contributed by atoms with Crippen molar-refractivity contribution in [2.75, 3.05) is 7.11 Å². The van der Waals surface area contributed by atoms with E-state index in [-0.39, 0.29) is 10.5 Å². The molecule has 132 valence electrons. The molecule has 0 bridgehead atoms. The molecule has 6 nitrogen and oxygen atoms in total. The van der Waals surface area contributed by atoms with Crippen LogP contribution in [0.2, 0.25) is 0 Å². The van der Waals surface area contributed by atoms with Gasteiger partial charge in [0.25, 0.3) is 10.1 Å². The Balaban J connectivity index is 2.36. The van der Waals surface area contributed by atoms with Crippen molar-refractivity contribution in [2.45, 2.75) is 17.9 Å². The summed E-state index contributed by atoms with van der Waals surface area (Å²) in [7, 11) is -3.43. The molecule has 0 aliphatic heterocycles. The molecular formula is C17H15FO6S. The standard InChI is InChI=1S/C17H15FO6S/c1-11-6-8-14(9-7-11)25(21,22)24-16(17(20)23-2)15(19)12-4-3-5-13(18)10-12/h3-10,16H,1-2H3. The highest BCUT2D eigenvalue weighted by Crippen LogP contribution is 2.18. The fourth-order valence-electron chi connectivity index (χ4n) is 1.98. The number of ether oxygens (including phenoxy) is 1. The minimum absolute atomic E-state index is 0.213. The lowest BCUT2D eigenvalue weighted by atomic mass is 10.1. The summed E-state index contributed by atoms with van der Waals surface area (Å²) in [5.74, 6) is -2.94. The third-order valence-electron chi connectivity index (χ3n) is 3.30. The summed E-state index contributed by atoms with van der Waals surface area (Å²) in [4.78, 5) is 24.0. The molecule has 1 atom stereocenters.